The lowest BCUT2D eigenvalue weighted by Gasteiger charge is -2.30. The van der Waals surface area contributed by atoms with Gasteiger partial charge in [0.15, 0.2) is 6.23 Å². The molecule has 0 saturated heterocycles. The molecular formula is C14H15N3O. The minimum Gasteiger partial charge on any atom is -0.474 e. The van der Waals surface area contributed by atoms with Gasteiger partial charge in [0.25, 0.3) is 0 Å². The summed E-state index contributed by atoms with van der Waals surface area (Å²) in [6, 6.07) is 9.77. The van der Waals surface area contributed by atoms with Crippen molar-refractivity contribution in [3.63, 3.8) is 0 Å². The molecule has 0 amide bonds. The van der Waals surface area contributed by atoms with E-state index in [9.17, 15) is 0 Å². The Hall–Kier alpha value is -1.91. The molecular weight excluding hydrogens is 226 g/mol. The smallest absolute Gasteiger partial charge is 0.163 e. The fourth-order valence-corrected chi connectivity index (χ4v) is 2.27. The highest BCUT2D eigenvalue weighted by molar-refractivity contribution is 5.70. The normalized spacial score (nSPS) is 22.1. The van der Waals surface area contributed by atoms with Crippen LogP contribution in [0.15, 0.2) is 42.7 Å². The number of rotatable bonds is 1. The molecule has 1 aliphatic rings. The second-order valence-electron chi connectivity index (χ2n) is 4.47. The number of aromatic nitrogens is 1. The van der Waals surface area contributed by atoms with Crippen LogP contribution in [0.2, 0.25) is 0 Å². The van der Waals surface area contributed by atoms with Gasteiger partial charge in [-0.25, -0.2) is 0 Å². The molecule has 0 radical (unpaired) electrons. The summed E-state index contributed by atoms with van der Waals surface area (Å²) in [6.07, 6.45) is 3.87. The van der Waals surface area contributed by atoms with Gasteiger partial charge in [-0.3, -0.25) is 10.7 Å². The van der Waals surface area contributed by atoms with Gasteiger partial charge in [0.1, 0.15) is 5.75 Å². The monoisotopic (exact) mass is 241 g/mol. The molecule has 3 rings (SSSR count). The Morgan fingerprint density at radius 3 is 2.67 bits per heavy atom. The molecule has 0 saturated carbocycles. The molecule has 18 heavy (non-hydrogen) atoms. The second-order valence-corrected chi connectivity index (χ2v) is 4.47. The zero-order chi connectivity index (χ0) is 12.5. The van der Waals surface area contributed by atoms with Gasteiger partial charge in [-0.1, -0.05) is 12.1 Å². The van der Waals surface area contributed by atoms with Crippen LogP contribution in [0.5, 0.6) is 5.75 Å². The van der Waals surface area contributed by atoms with Crippen molar-refractivity contribution in [3.8, 4) is 16.9 Å². The number of fused-ring (bicyclic) bond motifs is 1. The van der Waals surface area contributed by atoms with E-state index in [2.05, 4.69) is 11.1 Å². The number of ether oxygens (including phenoxy) is 1. The minimum atomic E-state index is -0.426. The zero-order valence-corrected chi connectivity index (χ0v) is 9.91. The molecule has 4 heteroatoms. The summed E-state index contributed by atoms with van der Waals surface area (Å²) in [5, 5.41) is 0. The van der Waals surface area contributed by atoms with Crippen molar-refractivity contribution in [1.82, 2.24) is 4.98 Å². The Morgan fingerprint density at radius 2 is 1.89 bits per heavy atom. The third kappa shape index (κ3) is 1.85. The fraction of sp³-hybridized carbons (Fsp3) is 0.214. The van der Waals surface area contributed by atoms with Crippen LogP contribution < -0.4 is 16.2 Å². The molecule has 1 aromatic carbocycles. The highest BCUT2D eigenvalue weighted by atomic mass is 16.5. The van der Waals surface area contributed by atoms with E-state index < -0.39 is 6.23 Å². The van der Waals surface area contributed by atoms with E-state index in [1.165, 1.54) is 0 Å². The molecule has 0 bridgehead atoms. The van der Waals surface area contributed by atoms with Gasteiger partial charge in [0, 0.05) is 18.0 Å². The Bertz CT molecular complexity index is 556. The third-order valence-corrected chi connectivity index (χ3v) is 3.25. The molecule has 2 heterocycles. The molecule has 92 valence electrons. The van der Waals surface area contributed by atoms with Crippen molar-refractivity contribution >= 4 is 0 Å². The summed E-state index contributed by atoms with van der Waals surface area (Å²) in [6.45, 7) is 0. The van der Waals surface area contributed by atoms with Crippen molar-refractivity contribution in [3.05, 3.63) is 48.3 Å². The van der Waals surface area contributed by atoms with Crippen LogP contribution in [0.4, 0.5) is 0 Å². The average Bonchev–Trinajstić information content (AvgIpc) is 2.40. The van der Waals surface area contributed by atoms with E-state index in [-0.39, 0.29) is 6.04 Å². The molecule has 4 nitrogen and oxygen atoms in total. The summed E-state index contributed by atoms with van der Waals surface area (Å²) in [5.41, 5.74) is 15.2. The van der Waals surface area contributed by atoms with Crippen LogP contribution in [-0.4, -0.2) is 17.3 Å². The summed E-state index contributed by atoms with van der Waals surface area (Å²) in [7, 11) is 0. The summed E-state index contributed by atoms with van der Waals surface area (Å²) >= 11 is 0. The number of nitrogens with two attached hydrogens (primary N) is 2. The van der Waals surface area contributed by atoms with Gasteiger partial charge in [-0.2, -0.15) is 0 Å². The van der Waals surface area contributed by atoms with E-state index in [0.717, 1.165) is 28.9 Å². The predicted octanol–water partition coefficient (Wildman–Crippen LogP) is 1.30. The fourth-order valence-electron chi connectivity index (χ4n) is 2.27. The zero-order valence-electron chi connectivity index (χ0n) is 9.91. The van der Waals surface area contributed by atoms with Crippen molar-refractivity contribution in [2.75, 3.05) is 0 Å². The van der Waals surface area contributed by atoms with Crippen molar-refractivity contribution in [2.24, 2.45) is 11.5 Å². The Balaban J connectivity index is 2.10. The average molecular weight is 241 g/mol. The van der Waals surface area contributed by atoms with Crippen LogP contribution in [0.25, 0.3) is 11.1 Å². The highest BCUT2D eigenvalue weighted by Gasteiger charge is 2.26. The van der Waals surface area contributed by atoms with Gasteiger partial charge in [0.05, 0.1) is 6.04 Å². The second kappa shape index (κ2) is 4.40. The number of hydrogen-bond donors (Lipinski definition) is 2. The first-order chi connectivity index (χ1) is 8.75. The summed E-state index contributed by atoms with van der Waals surface area (Å²) < 4.78 is 5.64. The van der Waals surface area contributed by atoms with E-state index in [1.807, 2.05) is 24.3 Å². The maximum absolute atomic E-state index is 5.98. The molecule has 4 N–H and O–H groups in total. The molecule has 1 aliphatic heterocycles. The predicted molar refractivity (Wildman–Crippen MR) is 70.0 cm³/mol. The lowest BCUT2D eigenvalue weighted by Crippen LogP contribution is -2.49. The molecule has 1 aromatic heterocycles. The molecule has 0 spiro atoms. The van der Waals surface area contributed by atoms with Gasteiger partial charge in [-0.05, 0) is 35.7 Å². The lowest BCUT2D eigenvalue weighted by molar-refractivity contribution is 0.158. The van der Waals surface area contributed by atoms with Gasteiger partial charge in [-0.15, -0.1) is 0 Å². The highest BCUT2D eigenvalue weighted by Crippen LogP contribution is 2.34. The first-order valence-electron chi connectivity index (χ1n) is 5.96. The Morgan fingerprint density at radius 1 is 1.11 bits per heavy atom. The van der Waals surface area contributed by atoms with Crippen LogP contribution in [-0.2, 0) is 6.42 Å². The van der Waals surface area contributed by atoms with Crippen LogP contribution in [0.3, 0.4) is 0 Å². The molecule has 1 unspecified atom stereocenters. The molecule has 2 aromatic rings. The van der Waals surface area contributed by atoms with Crippen molar-refractivity contribution < 1.29 is 4.74 Å². The molecule has 2 atom stereocenters. The number of nitrogens with zero attached hydrogens (tertiary/aromatic N) is 1. The Kier molecular flexibility index (Phi) is 2.74. The number of hydrogen-bond acceptors (Lipinski definition) is 4. The van der Waals surface area contributed by atoms with E-state index in [1.54, 1.807) is 12.4 Å². The standard InChI is InChI=1S/C14H15N3O/c15-12-8-11-10(9-4-6-17-7-5-9)2-1-3-13(11)18-14(12)16/h1-7,12,14H,8,15-16H2/t12-,14?/m0/s1. The van der Waals surface area contributed by atoms with Crippen LogP contribution in [0, 0.1) is 0 Å². The molecule has 0 fully saturated rings. The topological polar surface area (TPSA) is 74.2 Å². The van der Waals surface area contributed by atoms with Crippen molar-refractivity contribution in [1.29, 1.82) is 0 Å². The Labute approximate surface area is 106 Å². The number of benzene rings is 1. The van der Waals surface area contributed by atoms with Gasteiger partial charge < -0.3 is 10.5 Å². The SMILES string of the molecule is NC1Oc2cccc(-c3ccncc3)c2C[C@@H]1N. The van der Waals surface area contributed by atoms with E-state index >= 15 is 0 Å². The third-order valence-electron chi connectivity index (χ3n) is 3.25. The largest absolute Gasteiger partial charge is 0.474 e. The minimum absolute atomic E-state index is 0.166. The first-order valence-corrected chi connectivity index (χ1v) is 5.96. The maximum atomic E-state index is 5.98. The van der Waals surface area contributed by atoms with Crippen molar-refractivity contribution in [2.45, 2.75) is 18.7 Å². The van der Waals surface area contributed by atoms with Crippen LogP contribution >= 0.6 is 0 Å². The quantitative estimate of drug-likeness (QED) is 0.789. The maximum Gasteiger partial charge on any atom is 0.163 e. The van der Waals surface area contributed by atoms with E-state index in [0.29, 0.717) is 0 Å². The van der Waals surface area contributed by atoms with Crippen LogP contribution in [0.1, 0.15) is 5.56 Å². The summed E-state index contributed by atoms with van der Waals surface area (Å²) in [4.78, 5) is 4.03. The molecule has 0 aliphatic carbocycles. The first kappa shape index (κ1) is 11.2. The summed E-state index contributed by atoms with van der Waals surface area (Å²) in [5.74, 6) is 0.832. The van der Waals surface area contributed by atoms with Gasteiger partial charge in [0.2, 0.25) is 0 Å². The van der Waals surface area contributed by atoms with E-state index in [4.69, 9.17) is 16.2 Å². The lowest BCUT2D eigenvalue weighted by atomic mass is 9.93. The van der Waals surface area contributed by atoms with Gasteiger partial charge >= 0.3 is 0 Å². The number of pyridine rings is 1.